The van der Waals surface area contributed by atoms with Gasteiger partial charge in [-0.2, -0.15) is 0 Å². The Morgan fingerprint density at radius 2 is 2.08 bits per heavy atom. The summed E-state index contributed by atoms with van der Waals surface area (Å²) in [6.07, 6.45) is 0. The van der Waals surface area contributed by atoms with Crippen LogP contribution in [0.4, 0.5) is 5.69 Å². The van der Waals surface area contributed by atoms with Gasteiger partial charge in [0.25, 0.3) is 0 Å². The van der Waals surface area contributed by atoms with Gasteiger partial charge in [0.2, 0.25) is 0 Å². The van der Waals surface area contributed by atoms with E-state index in [4.69, 9.17) is 0 Å². The number of hydrogen-bond acceptors (Lipinski definition) is 3. The summed E-state index contributed by atoms with van der Waals surface area (Å²) in [6.45, 7) is 3.06. The molecule has 0 bridgehead atoms. The lowest BCUT2D eigenvalue weighted by atomic mass is 10.3. The van der Waals surface area contributed by atoms with Crippen molar-refractivity contribution in [2.24, 2.45) is 0 Å². The van der Waals surface area contributed by atoms with Crippen molar-refractivity contribution in [2.45, 2.75) is 0 Å². The van der Waals surface area contributed by atoms with Crippen LogP contribution in [-0.2, 0) is 0 Å². The number of hydrogen-bond donors (Lipinski definition) is 2. The van der Waals surface area contributed by atoms with E-state index in [-0.39, 0.29) is 0 Å². The number of hydrazine groups is 1. The molecule has 1 aliphatic rings. The van der Waals surface area contributed by atoms with Gasteiger partial charge in [-0.3, -0.25) is 0 Å². The SMILES string of the molecule is c1ccc(NN2CCNC2)cc1. The second-order valence-electron chi connectivity index (χ2n) is 2.90. The molecule has 2 rings (SSSR count). The average molecular weight is 163 g/mol. The molecule has 64 valence electrons. The predicted molar refractivity (Wildman–Crippen MR) is 49.6 cm³/mol. The quantitative estimate of drug-likeness (QED) is 0.677. The van der Waals surface area contributed by atoms with Crippen molar-refractivity contribution >= 4 is 5.69 Å². The first kappa shape index (κ1) is 7.58. The van der Waals surface area contributed by atoms with E-state index in [0.29, 0.717) is 0 Å². The fraction of sp³-hybridized carbons (Fsp3) is 0.333. The fourth-order valence-corrected chi connectivity index (χ4v) is 1.30. The molecule has 0 aliphatic carbocycles. The summed E-state index contributed by atoms with van der Waals surface area (Å²) in [7, 11) is 0. The maximum Gasteiger partial charge on any atom is 0.0670 e. The zero-order valence-electron chi connectivity index (χ0n) is 6.96. The van der Waals surface area contributed by atoms with Crippen LogP contribution in [0.2, 0.25) is 0 Å². The molecule has 1 aromatic carbocycles. The van der Waals surface area contributed by atoms with E-state index in [1.165, 1.54) is 0 Å². The number of nitrogens with zero attached hydrogens (tertiary/aromatic N) is 1. The first-order valence-corrected chi connectivity index (χ1v) is 4.22. The van der Waals surface area contributed by atoms with Gasteiger partial charge in [-0.15, -0.1) is 0 Å². The molecule has 0 aromatic heterocycles. The van der Waals surface area contributed by atoms with Crippen molar-refractivity contribution in [2.75, 3.05) is 25.2 Å². The molecule has 2 N–H and O–H groups in total. The van der Waals surface area contributed by atoms with Crippen molar-refractivity contribution < 1.29 is 0 Å². The molecule has 0 spiro atoms. The molecule has 0 atom stereocenters. The van der Waals surface area contributed by atoms with Crippen LogP contribution in [0.1, 0.15) is 0 Å². The van der Waals surface area contributed by atoms with E-state index < -0.39 is 0 Å². The lowest BCUT2D eigenvalue weighted by Gasteiger charge is -2.16. The van der Waals surface area contributed by atoms with Crippen molar-refractivity contribution in [3.05, 3.63) is 30.3 Å². The molecule has 1 saturated heterocycles. The lowest BCUT2D eigenvalue weighted by molar-refractivity contribution is 0.405. The Kier molecular flexibility index (Phi) is 2.25. The van der Waals surface area contributed by atoms with Crippen LogP contribution in [-0.4, -0.2) is 24.8 Å². The Morgan fingerprint density at radius 3 is 2.75 bits per heavy atom. The highest BCUT2D eigenvalue weighted by Crippen LogP contribution is 2.06. The van der Waals surface area contributed by atoms with Gasteiger partial charge in [0.1, 0.15) is 0 Å². The molecule has 1 aromatic rings. The Hall–Kier alpha value is -1.06. The topological polar surface area (TPSA) is 27.3 Å². The molecule has 3 heteroatoms. The monoisotopic (exact) mass is 163 g/mol. The van der Waals surface area contributed by atoms with Gasteiger partial charge in [0, 0.05) is 18.8 Å². The molecule has 3 nitrogen and oxygen atoms in total. The minimum atomic E-state index is 0.925. The molecular weight excluding hydrogens is 150 g/mol. The van der Waals surface area contributed by atoms with Crippen LogP contribution in [0.15, 0.2) is 30.3 Å². The van der Waals surface area contributed by atoms with E-state index in [1.807, 2.05) is 18.2 Å². The van der Waals surface area contributed by atoms with Crippen LogP contribution in [0.25, 0.3) is 0 Å². The number of anilines is 1. The molecule has 12 heavy (non-hydrogen) atoms. The summed E-state index contributed by atoms with van der Waals surface area (Å²) in [5.74, 6) is 0. The number of nitrogens with one attached hydrogen (secondary N) is 2. The first-order valence-electron chi connectivity index (χ1n) is 4.22. The smallest absolute Gasteiger partial charge is 0.0670 e. The summed E-state index contributed by atoms with van der Waals surface area (Å²) in [4.78, 5) is 0. The second kappa shape index (κ2) is 3.56. The molecule has 0 radical (unpaired) electrons. The van der Waals surface area contributed by atoms with Gasteiger partial charge >= 0.3 is 0 Å². The van der Waals surface area contributed by atoms with E-state index in [0.717, 1.165) is 25.4 Å². The largest absolute Gasteiger partial charge is 0.318 e. The zero-order valence-corrected chi connectivity index (χ0v) is 6.96. The van der Waals surface area contributed by atoms with Gasteiger partial charge < -0.3 is 10.7 Å². The maximum absolute atomic E-state index is 3.31. The van der Waals surface area contributed by atoms with Crippen molar-refractivity contribution in [1.29, 1.82) is 0 Å². The number of para-hydroxylation sites is 1. The minimum Gasteiger partial charge on any atom is -0.318 e. The predicted octanol–water partition coefficient (Wildman–Crippen LogP) is 0.876. The third kappa shape index (κ3) is 1.75. The van der Waals surface area contributed by atoms with Crippen molar-refractivity contribution in [3.8, 4) is 0 Å². The average Bonchev–Trinajstić information content (AvgIpc) is 2.59. The third-order valence-electron chi connectivity index (χ3n) is 1.92. The first-order chi connectivity index (χ1) is 5.95. The summed E-state index contributed by atoms with van der Waals surface area (Å²) in [5.41, 5.74) is 4.47. The zero-order chi connectivity index (χ0) is 8.23. The van der Waals surface area contributed by atoms with E-state index >= 15 is 0 Å². The molecule has 1 heterocycles. The summed E-state index contributed by atoms with van der Waals surface area (Å²) >= 11 is 0. The van der Waals surface area contributed by atoms with Crippen LogP contribution in [0.3, 0.4) is 0 Å². The molecule has 0 amide bonds. The van der Waals surface area contributed by atoms with Gasteiger partial charge in [0.05, 0.1) is 6.67 Å². The maximum atomic E-state index is 3.31. The summed E-state index contributed by atoms with van der Waals surface area (Å²) in [6, 6.07) is 10.2. The van der Waals surface area contributed by atoms with E-state index in [1.54, 1.807) is 0 Å². The van der Waals surface area contributed by atoms with E-state index in [9.17, 15) is 0 Å². The van der Waals surface area contributed by atoms with Gasteiger partial charge in [0.15, 0.2) is 0 Å². The second-order valence-corrected chi connectivity index (χ2v) is 2.90. The van der Waals surface area contributed by atoms with Crippen LogP contribution in [0.5, 0.6) is 0 Å². The van der Waals surface area contributed by atoms with Crippen LogP contribution < -0.4 is 10.7 Å². The summed E-state index contributed by atoms with van der Waals surface area (Å²) in [5, 5.41) is 5.42. The molecule has 0 unspecified atom stereocenters. The molecular formula is C9H13N3. The minimum absolute atomic E-state index is 0.925. The molecule has 0 saturated carbocycles. The Morgan fingerprint density at radius 1 is 1.25 bits per heavy atom. The van der Waals surface area contributed by atoms with Gasteiger partial charge in [-0.05, 0) is 12.1 Å². The Labute approximate surface area is 72.4 Å². The van der Waals surface area contributed by atoms with Crippen LogP contribution in [0, 0.1) is 0 Å². The lowest BCUT2D eigenvalue weighted by Crippen LogP contribution is -2.28. The number of benzene rings is 1. The normalized spacial score (nSPS) is 18.0. The summed E-state index contributed by atoms with van der Waals surface area (Å²) < 4.78 is 0. The van der Waals surface area contributed by atoms with Crippen LogP contribution >= 0.6 is 0 Å². The number of rotatable bonds is 2. The Balaban J connectivity index is 1.94. The van der Waals surface area contributed by atoms with Crippen molar-refractivity contribution in [1.82, 2.24) is 10.3 Å². The standard InChI is InChI=1S/C9H13N3/c1-2-4-9(5-3-1)11-12-7-6-10-8-12/h1-5,10-11H,6-8H2. The molecule has 1 fully saturated rings. The molecule has 1 aliphatic heterocycles. The van der Waals surface area contributed by atoms with Gasteiger partial charge in [-0.1, -0.05) is 18.2 Å². The fourth-order valence-electron chi connectivity index (χ4n) is 1.30. The highest BCUT2D eigenvalue weighted by Gasteiger charge is 2.08. The third-order valence-corrected chi connectivity index (χ3v) is 1.92. The van der Waals surface area contributed by atoms with Crippen molar-refractivity contribution in [3.63, 3.8) is 0 Å². The highest BCUT2D eigenvalue weighted by atomic mass is 15.6. The Bertz CT molecular complexity index is 229. The van der Waals surface area contributed by atoms with Gasteiger partial charge in [-0.25, -0.2) is 5.01 Å². The van der Waals surface area contributed by atoms with E-state index in [2.05, 4.69) is 27.9 Å². The highest BCUT2D eigenvalue weighted by molar-refractivity contribution is 5.41.